The molecule has 0 saturated carbocycles. The van der Waals surface area contributed by atoms with Gasteiger partial charge in [0.2, 0.25) is 11.8 Å². The van der Waals surface area contributed by atoms with Gasteiger partial charge in [-0.15, -0.1) is 0 Å². The van der Waals surface area contributed by atoms with Crippen LogP contribution in [0.15, 0.2) is 18.2 Å². The standard InChI is InChI=1S/C18H23ClFN3O4/c1-27-17(25)3-2-6-21-16(24)10-15-18(26)22-7-8-23(15)11-12-4-5-13(19)14(20)9-12/h4-5,9,15H,2-3,6-8,10-11H2,1H3,(H,21,24)(H,22,26). The van der Waals surface area contributed by atoms with Crippen molar-refractivity contribution >= 4 is 29.4 Å². The number of benzene rings is 1. The summed E-state index contributed by atoms with van der Waals surface area (Å²) >= 11 is 5.70. The minimum absolute atomic E-state index is 0.0138. The smallest absolute Gasteiger partial charge is 0.305 e. The van der Waals surface area contributed by atoms with Crippen molar-refractivity contribution in [1.82, 2.24) is 15.5 Å². The molecule has 2 N–H and O–H groups in total. The van der Waals surface area contributed by atoms with E-state index in [1.807, 2.05) is 4.90 Å². The van der Waals surface area contributed by atoms with E-state index in [0.717, 1.165) is 0 Å². The first-order valence-corrected chi connectivity index (χ1v) is 9.07. The van der Waals surface area contributed by atoms with Gasteiger partial charge in [0.05, 0.1) is 24.6 Å². The quantitative estimate of drug-likeness (QED) is 0.507. The molecule has 1 heterocycles. The van der Waals surface area contributed by atoms with Gasteiger partial charge in [0.1, 0.15) is 5.82 Å². The van der Waals surface area contributed by atoms with Crippen molar-refractivity contribution in [3.05, 3.63) is 34.6 Å². The first kappa shape index (κ1) is 21.1. The van der Waals surface area contributed by atoms with Gasteiger partial charge in [-0.25, -0.2) is 4.39 Å². The van der Waals surface area contributed by atoms with Gasteiger partial charge in [-0.3, -0.25) is 19.3 Å². The topological polar surface area (TPSA) is 87.7 Å². The number of carbonyl (C=O) groups is 3. The molecule has 1 aromatic carbocycles. The van der Waals surface area contributed by atoms with Gasteiger partial charge < -0.3 is 15.4 Å². The lowest BCUT2D eigenvalue weighted by molar-refractivity contribution is -0.140. The number of nitrogens with zero attached hydrogens (tertiary/aromatic N) is 1. The molecular formula is C18H23ClFN3O4. The van der Waals surface area contributed by atoms with E-state index < -0.39 is 11.9 Å². The molecule has 1 aromatic rings. The average molecular weight is 400 g/mol. The molecule has 27 heavy (non-hydrogen) atoms. The van der Waals surface area contributed by atoms with Crippen LogP contribution in [0.5, 0.6) is 0 Å². The third-order valence-corrected chi connectivity index (χ3v) is 4.60. The molecule has 1 aliphatic rings. The first-order valence-electron chi connectivity index (χ1n) is 8.70. The summed E-state index contributed by atoms with van der Waals surface area (Å²) < 4.78 is 18.2. The van der Waals surface area contributed by atoms with Crippen LogP contribution in [0.2, 0.25) is 5.02 Å². The summed E-state index contributed by atoms with van der Waals surface area (Å²) in [6.07, 6.45) is 0.665. The molecule has 1 atom stereocenters. The van der Waals surface area contributed by atoms with Gasteiger partial charge in [0.25, 0.3) is 0 Å². The maximum absolute atomic E-state index is 13.6. The highest BCUT2D eigenvalue weighted by Crippen LogP contribution is 2.19. The number of halogens is 2. The van der Waals surface area contributed by atoms with Crippen LogP contribution in [0, 0.1) is 5.82 Å². The third-order valence-electron chi connectivity index (χ3n) is 4.30. The number of ether oxygens (including phenoxy) is 1. The Morgan fingerprint density at radius 3 is 2.93 bits per heavy atom. The second kappa shape index (κ2) is 10.2. The Balaban J connectivity index is 1.90. The van der Waals surface area contributed by atoms with E-state index in [-0.39, 0.29) is 35.6 Å². The van der Waals surface area contributed by atoms with Gasteiger partial charge in [0, 0.05) is 32.6 Å². The van der Waals surface area contributed by atoms with E-state index in [4.69, 9.17) is 11.6 Å². The predicted molar refractivity (Wildman–Crippen MR) is 97.5 cm³/mol. The van der Waals surface area contributed by atoms with Crippen molar-refractivity contribution in [2.75, 3.05) is 26.7 Å². The molecule has 0 aliphatic carbocycles. The summed E-state index contributed by atoms with van der Waals surface area (Å²) in [5.41, 5.74) is 0.676. The highest BCUT2D eigenvalue weighted by atomic mass is 35.5. The number of rotatable bonds is 8. The second-order valence-electron chi connectivity index (χ2n) is 6.26. The van der Waals surface area contributed by atoms with E-state index in [9.17, 15) is 18.8 Å². The van der Waals surface area contributed by atoms with E-state index in [1.165, 1.54) is 19.2 Å². The number of amides is 2. The fourth-order valence-corrected chi connectivity index (χ4v) is 2.97. The van der Waals surface area contributed by atoms with Crippen molar-refractivity contribution in [2.24, 2.45) is 0 Å². The second-order valence-corrected chi connectivity index (χ2v) is 6.67. The Morgan fingerprint density at radius 2 is 2.22 bits per heavy atom. The van der Waals surface area contributed by atoms with Crippen LogP contribution < -0.4 is 10.6 Å². The lowest BCUT2D eigenvalue weighted by Gasteiger charge is -2.34. The summed E-state index contributed by atoms with van der Waals surface area (Å²) in [7, 11) is 1.31. The van der Waals surface area contributed by atoms with Crippen LogP contribution in [-0.2, 0) is 25.7 Å². The number of hydrogen-bond acceptors (Lipinski definition) is 5. The molecule has 2 rings (SSSR count). The molecule has 0 aromatic heterocycles. The normalized spacial score (nSPS) is 17.3. The van der Waals surface area contributed by atoms with Crippen LogP contribution in [0.4, 0.5) is 4.39 Å². The van der Waals surface area contributed by atoms with Crippen LogP contribution in [0.25, 0.3) is 0 Å². The zero-order valence-corrected chi connectivity index (χ0v) is 15.9. The summed E-state index contributed by atoms with van der Waals surface area (Å²) in [6, 6.07) is 3.86. The zero-order valence-electron chi connectivity index (χ0n) is 15.1. The SMILES string of the molecule is COC(=O)CCCNC(=O)CC1C(=O)NCCN1Cc1ccc(Cl)c(F)c1. The fraction of sp³-hybridized carbons (Fsp3) is 0.500. The Bertz CT molecular complexity index is 701. The minimum Gasteiger partial charge on any atom is -0.469 e. The van der Waals surface area contributed by atoms with E-state index in [0.29, 0.717) is 38.2 Å². The van der Waals surface area contributed by atoms with Gasteiger partial charge in [-0.2, -0.15) is 0 Å². The molecule has 1 fully saturated rings. The number of nitrogens with one attached hydrogen (secondary N) is 2. The van der Waals surface area contributed by atoms with Crippen LogP contribution in [0.1, 0.15) is 24.8 Å². The first-order chi connectivity index (χ1) is 12.9. The molecule has 9 heteroatoms. The maximum atomic E-state index is 13.6. The molecule has 7 nitrogen and oxygen atoms in total. The van der Waals surface area contributed by atoms with E-state index in [1.54, 1.807) is 6.07 Å². The van der Waals surface area contributed by atoms with E-state index >= 15 is 0 Å². The maximum Gasteiger partial charge on any atom is 0.305 e. The highest BCUT2D eigenvalue weighted by molar-refractivity contribution is 6.30. The predicted octanol–water partition coefficient (Wildman–Crippen LogP) is 1.24. The molecular weight excluding hydrogens is 377 g/mol. The van der Waals surface area contributed by atoms with Crippen molar-refractivity contribution in [1.29, 1.82) is 0 Å². The molecule has 0 bridgehead atoms. The monoisotopic (exact) mass is 399 g/mol. The number of methoxy groups -OCH3 is 1. The van der Waals surface area contributed by atoms with Crippen LogP contribution >= 0.6 is 11.6 Å². The lowest BCUT2D eigenvalue weighted by Crippen LogP contribution is -2.56. The molecule has 148 valence electrons. The largest absolute Gasteiger partial charge is 0.469 e. The minimum atomic E-state index is -0.641. The van der Waals surface area contributed by atoms with Gasteiger partial charge in [-0.05, 0) is 24.1 Å². The van der Waals surface area contributed by atoms with Gasteiger partial charge in [-0.1, -0.05) is 17.7 Å². The Labute approximate surface area is 162 Å². The van der Waals surface area contributed by atoms with Crippen LogP contribution in [0.3, 0.4) is 0 Å². The molecule has 1 saturated heterocycles. The lowest BCUT2D eigenvalue weighted by atomic mass is 10.1. The average Bonchev–Trinajstić information content (AvgIpc) is 2.64. The summed E-state index contributed by atoms with van der Waals surface area (Å²) in [5.74, 6) is -1.37. The van der Waals surface area contributed by atoms with E-state index in [2.05, 4.69) is 15.4 Å². The molecule has 0 spiro atoms. The van der Waals surface area contributed by atoms with Crippen molar-refractivity contribution in [2.45, 2.75) is 31.8 Å². The van der Waals surface area contributed by atoms with Crippen molar-refractivity contribution in [3.63, 3.8) is 0 Å². The summed E-state index contributed by atoms with van der Waals surface area (Å²) in [4.78, 5) is 37.3. The van der Waals surface area contributed by atoms with Crippen molar-refractivity contribution in [3.8, 4) is 0 Å². The van der Waals surface area contributed by atoms with Crippen LogP contribution in [-0.4, -0.2) is 55.5 Å². The zero-order chi connectivity index (χ0) is 19.8. The van der Waals surface area contributed by atoms with Gasteiger partial charge in [0.15, 0.2) is 0 Å². The number of piperazine rings is 1. The summed E-state index contributed by atoms with van der Waals surface area (Å²) in [6.45, 7) is 1.68. The van der Waals surface area contributed by atoms with Gasteiger partial charge >= 0.3 is 5.97 Å². The fourth-order valence-electron chi connectivity index (χ4n) is 2.86. The van der Waals surface area contributed by atoms with Crippen molar-refractivity contribution < 1.29 is 23.5 Å². The molecule has 0 radical (unpaired) electrons. The Kier molecular flexibility index (Phi) is 7.99. The molecule has 1 unspecified atom stereocenters. The summed E-state index contributed by atoms with van der Waals surface area (Å²) in [5, 5.41) is 5.49. The Hall–Kier alpha value is -2.19. The Morgan fingerprint density at radius 1 is 1.44 bits per heavy atom. The molecule has 1 aliphatic heterocycles. The third kappa shape index (κ3) is 6.48. The number of hydrogen-bond donors (Lipinski definition) is 2. The highest BCUT2D eigenvalue weighted by Gasteiger charge is 2.31. The molecule has 2 amide bonds. The number of esters is 1. The number of carbonyl (C=O) groups excluding carboxylic acids is 3.